The van der Waals surface area contributed by atoms with Gasteiger partial charge in [0.05, 0.1) is 28.6 Å². The molecule has 100 valence electrons. The zero-order valence-electron chi connectivity index (χ0n) is 10.4. The van der Waals surface area contributed by atoms with Crippen LogP contribution in [0.25, 0.3) is 10.9 Å². The Morgan fingerprint density at radius 3 is 2.70 bits per heavy atom. The first-order valence-electron chi connectivity index (χ1n) is 5.98. The number of halogens is 1. The number of non-ortho nitro benzene ring substituents is 1. The highest BCUT2D eigenvalue weighted by atomic mass is 127. The molecule has 0 atom stereocenters. The first-order chi connectivity index (χ1) is 9.65. The van der Waals surface area contributed by atoms with Crippen LogP contribution in [0.5, 0.6) is 0 Å². The van der Waals surface area contributed by atoms with E-state index in [2.05, 4.69) is 27.7 Å². The van der Waals surface area contributed by atoms with Crippen molar-refractivity contribution in [3.63, 3.8) is 0 Å². The molecule has 0 saturated carbocycles. The molecule has 0 aliphatic carbocycles. The lowest BCUT2D eigenvalue weighted by atomic mass is 10.2. The predicted octanol–water partition coefficient (Wildman–Crippen LogP) is 3.60. The summed E-state index contributed by atoms with van der Waals surface area (Å²) in [6.07, 6.45) is 1.56. The van der Waals surface area contributed by atoms with Crippen LogP contribution in [0.4, 0.5) is 5.69 Å². The second-order valence-electron chi connectivity index (χ2n) is 4.40. The molecule has 0 saturated heterocycles. The molecule has 0 spiro atoms. The van der Waals surface area contributed by atoms with E-state index in [0.29, 0.717) is 11.9 Å². The van der Waals surface area contributed by atoms with Crippen molar-refractivity contribution in [1.29, 1.82) is 0 Å². The van der Waals surface area contributed by atoms with E-state index in [9.17, 15) is 10.1 Å². The zero-order chi connectivity index (χ0) is 14.1. The van der Waals surface area contributed by atoms with Crippen LogP contribution in [0.1, 0.15) is 5.56 Å². The second-order valence-corrected chi connectivity index (χ2v) is 5.65. The van der Waals surface area contributed by atoms with Gasteiger partial charge in [0.25, 0.3) is 5.69 Å². The number of nitro groups is 1. The Labute approximate surface area is 128 Å². The molecule has 0 N–H and O–H groups in total. The Kier molecular flexibility index (Phi) is 3.39. The minimum atomic E-state index is -0.362. The summed E-state index contributed by atoms with van der Waals surface area (Å²) < 4.78 is 2.62. The van der Waals surface area contributed by atoms with E-state index in [-0.39, 0.29) is 10.6 Å². The summed E-state index contributed by atoms with van der Waals surface area (Å²) in [6, 6.07) is 13.4. The van der Waals surface area contributed by atoms with Crippen molar-refractivity contribution in [3.8, 4) is 0 Å². The molecule has 20 heavy (non-hydrogen) atoms. The largest absolute Gasteiger partial charge is 0.281 e. The van der Waals surface area contributed by atoms with Gasteiger partial charge < -0.3 is 0 Å². The SMILES string of the molecule is O=[N+]([O-])c1cc(I)cc2c1cnn2Cc1ccccc1. The van der Waals surface area contributed by atoms with Crippen molar-refractivity contribution in [1.82, 2.24) is 9.78 Å². The van der Waals surface area contributed by atoms with Crippen molar-refractivity contribution in [3.05, 3.63) is 67.9 Å². The monoisotopic (exact) mass is 379 g/mol. The molecule has 0 aliphatic heterocycles. The van der Waals surface area contributed by atoms with E-state index in [1.54, 1.807) is 16.9 Å². The molecule has 0 radical (unpaired) electrons. The molecule has 0 fully saturated rings. The second kappa shape index (κ2) is 5.20. The number of rotatable bonds is 3. The lowest BCUT2D eigenvalue weighted by Gasteiger charge is -2.04. The molecule has 5 nitrogen and oxygen atoms in total. The number of nitro benzene ring substituents is 1. The molecule has 3 aromatic rings. The molecular weight excluding hydrogens is 369 g/mol. The van der Waals surface area contributed by atoms with Crippen LogP contribution in [0, 0.1) is 13.7 Å². The maximum absolute atomic E-state index is 11.1. The topological polar surface area (TPSA) is 61.0 Å². The molecule has 2 aromatic carbocycles. The van der Waals surface area contributed by atoms with E-state index >= 15 is 0 Å². The van der Waals surface area contributed by atoms with E-state index in [1.165, 1.54) is 0 Å². The zero-order valence-corrected chi connectivity index (χ0v) is 12.5. The normalized spacial score (nSPS) is 10.8. The van der Waals surface area contributed by atoms with E-state index in [1.807, 2.05) is 36.4 Å². The van der Waals surface area contributed by atoms with E-state index < -0.39 is 0 Å². The molecule has 0 unspecified atom stereocenters. The fourth-order valence-corrected chi connectivity index (χ4v) is 2.75. The van der Waals surface area contributed by atoms with Crippen LogP contribution < -0.4 is 0 Å². The highest BCUT2D eigenvalue weighted by molar-refractivity contribution is 14.1. The average molecular weight is 379 g/mol. The van der Waals surface area contributed by atoms with Gasteiger partial charge in [0, 0.05) is 9.64 Å². The summed E-state index contributed by atoms with van der Waals surface area (Å²) >= 11 is 2.09. The number of fused-ring (bicyclic) bond motifs is 1. The molecule has 0 bridgehead atoms. The van der Waals surface area contributed by atoms with Gasteiger partial charge in [-0.3, -0.25) is 14.8 Å². The number of benzene rings is 2. The van der Waals surface area contributed by atoms with Gasteiger partial charge in [-0.25, -0.2) is 0 Å². The summed E-state index contributed by atoms with van der Waals surface area (Å²) in [6.45, 7) is 0.599. The van der Waals surface area contributed by atoms with Gasteiger partial charge in [-0.2, -0.15) is 5.10 Å². The molecule has 3 rings (SSSR count). The van der Waals surface area contributed by atoms with Crippen LogP contribution in [0.15, 0.2) is 48.7 Å². The van der Waals surface area contributed by atoms with Crippen molar-refractivity contribution in [2.24, 2.45) is 0 Å². The first kappa shape index (κ1) is 13.0. The number of hydrogen-bond acceptors (Lipinski definition) is 3. The van der Waals surface area contributed by atoms with Gasteiger partial charge in [-0.05, 0) is 34.2 Å². The van der Waals surface area contributed by atoms with E-state index in [4.69, 9.17) is 0 Å². The maximum Gasteiger partial charge on any atom is 0.281 e. The number of nitrogens with zero attached hydrogens (tertiary/aromatic N) is 3. The number of aromatic nitrogens is 2. The molecule has 1 heterocycles. The first-order valence-corrected chi connectivity index (χ1v) is 7.06. The van der Waals surface area contributed by atoms with Crippen LogP contribution >= 0.6 is 22.6 Å². The Morgan fingerprint density at radius 1 is 1.25 bits per heavy atom. The van der Waals surface area contributed by atoms with Gasteiger partial charge in [-0.1, -0.05) is 30.3 Å². The smallest absolute Gasteiger partial charge is 0.260 e. The molecule has 6 heteroatoms. The van der Waals surface area contributed by atoms with Gasteiger partial charge in [0.1, 0.15) is 0 Å². The third kappa shape index (κ3) is 2.38. The quantitative estimate of drug-likeness (QED) is 0.397. The predicted molar refractivity (Wildman–Crippen MR) is 84.6 cm³/mol. The van der Waals surface area contributed by atoms with Crippen LogP contribution in [0.2, 0.25) is 0 Å². The lowest BCUT2D eigenvalue weighted by Crippen LogP contribution is -2.01. The fourth-order valence-electron chi connectivity index (χ4n) is 2.16. The summed E-state index contributed by atoms with van der Waals surface area (Å²) in [5.74, 6) is 0. The molecule has 1 aromatic heterocycles. The van der Waals surface area contributed by atoms with E-state index in [0.717, 1.165) is 14.7 Å². The van der Waals surface area contributed by atoms with Crippen LogP contribution in [0.3, 0.4) is 0 Å². The van der Waals surface area contributed by atoms with Gasteiger partial charge in [0.15, 0.2) is 0 Å². The summed E-state index contributed by atoms with van der Waals surface area (Å²) in [5, 5.41) is 16.0. The van der Waals surface area contributed by atoms with Crippen molar-refractivity contribution >= 4 is 39.2 Å². The molecule has 0 aliphatic rings. The van der Waals surface area contributed by atoms with Gasteiger partial charge in [0.2, 0.25) is 0 Å². The summed E-state index contributed by atoms with van der Waals surface area (Å²) in [5.41, 5.74) is 2.00. The molecular formula is C14H10IN3O2. The van der Waals surface area contributed by atoms with Crippen molar-refractivity contribution in [2.75, 3.05) is 0 Å². The highest BCUT2D eigenvalue weighted by Gasteiger charge is 2.16. The maximum atomic E-state index is 11.1. The van der Waals surface area contributed by atoms with Crippen molar-refractivity contribution in [2.45, 2.75) is 6.54 Å². The Bertz CT molecular complexity index is 784. The Morgan fingerprint density at radius 2 is 2.00 bits per heavy atom. The minimum absolute atomic E-state index is 0.103. The van der Waals surface area contributed by atoms with Crippen LogP contribution in [-0.2, 0) is 6.54 Å². The van der Waals surface area contributed by atoms with Gasteiger partial charge in [-0.15, -0.1) is 0 Å². The fraction of sp³-hybridized carbons (Fsp3) is 0.0714. The van der Waals surface area contributed by atoms with Gasteiger partial charge >= 0.3 is 0 Å². The highest BCUT2D eigenvalue weighted by Crippen LogP contribution is 2.28. The van der Waals surface area contributed by atoms with Crippen molar-refractivity contribution < 1.29 is 4.92 Å². The number of hydrogen-bond donors (Lipinski definition) is 0. The summed E-state index contributed by atoms with van der Waals surface area (Å²) in [7, 11) is 0. The average Bonchev–Trinajstić information content (AvgIpc) is 2.82. The third-order valence-electron chi connectivity index (χ3n) is 3.08. The third-order valence-corrected chi connectivity index (χ3v) is 3.70. The lowest BCUT2D eigenvalue weighted by molar-refractivity contribution is -0.383. The Hall–Kier alpha value is -1.96. The van der Waals surface area contributed by atoms with Crippen LogP contribution in [-0.4, -0.2) is 14.7 Å². The summed E-state index contributed by atoms with van der Waals surface area (Å²) in [4.78, 5) is 10.7. The molecule has 0 amide bonds. The Balaban J connectivity index is 2.12. The standard InChI is InChI=1S/C14H10IN3O2/c15-11-6-13-12(14(7-11)18(19)20)8-16-17(13)9-10-4-2-1-3-5-10/h1-8H,9H2. The minimum Gasteiger partial charge on any atom is -0.260 e.